The van der Waals surface area contributed by atoms with Crippen molar-refractivity contribution < 1.29 is 14.3 Å². The van der Waals surface area contributed by atoms with Crippen molar-refractivity contribution in [1.29, 1.82) is 0 Å². The molecule has 0 bridgehead atoms. The molecule has 160 valence electrons. The van der Waals surface area contributed by atoms with E-state index in [2.05, 4.69) is 6.08 Å². The smallest absolute Gasteiger partial charge is 0.166 e. The van der Waals surface area contributed by atoms with E-state index in [9.17, 15) is 9.59 Å². The van der Waals surface area contributed by atoms with E-state index in [1.54, 1.807) is 14.0 Å². The highest BCUT2D eigenvalue weighted by Gasteiger charge is 2.32. The lowest BCUT2D eigenvalue weighted by molar-refractivity contribution is -0.114. The minimum absolute atomic E-state index is 0.0452. The lowest BCUT2D eigenvalue weighted by Gasteiger charge is -2.30. The number of fused-ring (bicyclic) bond motifs is 1. The molecule has 0 spiro atoms. The van der Waals surface area contributed by atoms with E-state index in [0.29, 0.717) is 18.0 Å². The van der Waals surface area contributed by atoms with E-state index in [-0.39, 0.29) is 23.4 Å². The number of hydrogen-bond acceptors (Lipinski definition) is 4. The summed E-state index contributed by atoms with van der Waals surface area (Å²) in [5.41, 5.74) is 3.71. The number of ether oxygens (including phenoxy) is 1. The molecule has 0 fully saturated rings. The van der Waals surface area contributed by atoms with Crippen LogP contribution in [0.1, 0.15) is 41.3 Å². The molecule has 0 amide bonds. The van der Waals surface area contributed by atoms with E-state index in [1.165, 1.54) is 0 Å². The molecule has 5 heteroatoms. The van der Waals surface area contributed by atoms with Gasteiger partial charge in [0.2, 0.25) is 0 Å². The van der Waals surface area contributed by atoms with Crippen molar-refractivity contribution >= 4 is 23.2 Å². The minimum atomic E-state index is -0.0823. The molecule has 0 radical (unpaired) electrons. The van der Waals surface area contributed by atoms with Crippen LogP contribution in [0.25, 0.3) is 0 Å². The molecule has 4 rings (SSSR count). The molecular formula is C26H26ClNO3. The SMILES string of the molecule is COc1ccc2c(c1)CCC(CC1C=CN(Cc3ccc(Cl)cc3)C=C1C(C)=O)C2=O. The van der Waals surface area contributed by atoms with Crippen molar-refractivity contribution in [2.45, 2.75) is 32.7 Å². The van der Waals surface area contributed by atoms with Crippen molar-refractivity contribution in [1.82, 2.24) is 4.90 Å². The van der Waals surface area contributed by atoms with Gasteiger partial charge in [-0.1, -0.05) is 29.8 Å². The Morgan fingerprint density at radius 2 is 1.97 bits per heavy atom. The monoisotopic (exact) mass is 435 g/mol. The number of methoxy groups -OCH3 is 1. The number of aryl methyl sites for hydroxylation is 1. The second-order valence-corrected chi connectivity index (χ2v) is 8.68. The Labute approximate surface area is 188 Å². The second-order valence-electron chi connectivity index (χ2n) is 8.25. The van der Waals surface area contributed by atoms with Crippen LogP contribution in [0, 0.1) is 11.8 Å². The molecule has 1 heterocycles. The maximum absolute atomic E-state index is 13.1. The molecule has 1 aliphatic heterocycles. The Hall–Kier alpha value is -2.85. The Morgan fingerprint density at radius 1 is 1.19 bits per heavy atom. The van der Waals surface area contributed by atoms with E-state index in [0.717, 1.165) is 40.9 Å². The molecule has 1 aliphatic carbocycles. The molecule has 2 aliphatic rings. The van der Waals surface area contributed by atoms with Crippen LogP contribution in [0.15, 0.2) is 66.5 Å². The van der Waals surface area contributed by atoms with Gasteiger partial charge in [0.1, 0.15) is 5.75 Å². The van der Waals surface area contributed by atoms with Gasteiger partial charge in [-0.05, 0) is 67.6 Å². The minimum Gasteiger partial charge on any atom is -0.497 e. The number of ketones is 2. The molecule has 0 aromatic heterocycles. The third-order valence-corrected chi connectivity index (χ3v) is 6.40. The number of nitrogens with zero attached hydrogens (tertiary/aromatic N) is 1. The van der Waals surface area contributed by atoms with E-state index in [4.69, 9.17) is 16.3 Å². The Bertz CT molecular complexity index is 1050. The zero-order valence-corrected chi connectivity index (χ0v) is 18.6. The topological polar surface area (TPSA) is 46.6 Å². The number of carbonyl (C=O) groups is 2. The standard InChI is InChI=1S/C26H26ClNO3/c1-17(29)25-16-28(15-18-3-7-22(27)8-4-18)12-11-20(25)13-21-6-5-19-14-23(31-2)9-10-24(19)26(21)30/h3-4,7-12,14,16,20-21H,5-6,13,15H2,1-2H3. The van der Waals surface area contributed by atoms with Gasteiger partial charge in [-0.2, -0.15) is 0 Å². The van der Waals surface area contributed by atoms with Crippen LogP contribution in [0.3, 0.4) is 0 Å². The highest BCUT2D eigenvalue weighted by atomic mass is 35.5. The summed E-state index contributed by atoms with van der Waals surface area (Å²) < 4.78 is 5.29. The second kappa shape index (κ2) is 9.11. The van der Waals surface area contributed by atoms with Crippen LogP contribution >= 0.6 is 11.6 Å². The number of benzene rings is 2. The number of halogens is 1. The first-order chi connectivity index (χ1) is 14.9. The quantitative estimate of drug-likeness (QED) is 0.592. The summed E-state index contributed by atoms with van der Waals surface area (Å²) in [5.74, 6) is 0.865. The number of Topliss-reactive ketones (excluding diaryl/α,β-unsaturated/α-hetero) is 2. The number of hydrogen-bond donors (Lipinski definition) is 0. The van der Waals surface area contributed by atoms with Crippen molar-refractivity contribution in [2.24, 2.45) is 11.8 Å². The van der Waals surface area contributed by atoms with Gasteiger partial charge in [-0.3, -0.25) is 9.59 Å². The summed E-state index contributed by atoms with van der Waals surface area (Å²) in [6.07, 6.45) is 8.29. The molecule has 4 nitrogen and oxygen atoms in total. The van der Waals surface area contributed by atoms with Crippen LogP contribution in [0.2, 0.25) is 5.02 Å². The summed E-state index contributed by atoms with van der Waals surface area (Å²) in [6, 6.07) is 13.4. The molecule has 2 atom stereocenters. The molecule has 31 heavy (non-hydrogen) atoms. The van der Waals surface area contributed by atoms with Crippen molar-refractivity contribution in [2.75, 3.05) is 7.11 Å². The van der Waals surface area contributed by atoms with Gasteiger partial charge >= 0.3 is 0 Å². The predicted molar refractivity (Wildman–Crippen MR) is 122 cm³/mol. The molecule has 0 saturated heterocycles. The summed E-state index contributed by atoms with van der Waals surface area (Å²) in [4.78, 5) is 27.5. The van der Waals surface area contributed by atoms with Crippen LogP contribution in [0.5, 0.6) is 5.75 Å². The highest BCUT2D eigenvalue weighted by Crippen LogP contribution is 2.35. The number of carbonyl (C=O) groups excluding carboxylic acids is 2. The Morgan fingerprint density at radius 3 is 2.68 bits per heavy atom. The van der Waals surface area contributed by atoms with Crippen molar-refractivity contribution in [3.8, 4) is 5.75 Å². The molecule has 2 aromatic carbocycles. The fourth-order valence-electron chi connectivity index (χ4n) is 4.45. The van der Waals surface area contributed by atoms with E-state index in [1.807, 2.05) is 59.8 Å². The predicted octanol–water partition coefficient (Wildman–Crippen LogP) is 5.60. The third-order valence-electron chi connectivity index (χ3n) is 6.15. The van der Waals surface area contributed by atoms with Gasteiger partial charge in [-0.15, -0.1) is 0 Å². The lowest BCUT2D eigenvalue weighted by atomic mass is 9.76. The van der Waals surface area contributed by atoms with Gasteiger partial charge in [0.15, 0.2) is 11.6 Å². The number of rotatable bonds is 6. The fraction of sp³-hybridized carbons (Fsp3) is 0.308. The first kappa shape index (κ1) is 21.4. The average molecular weight is 436 g/mol. The van der Waals surface area contributed by atoms with Crippen LogP contribution in [-0.4, -0.2) is 23.6 Å². The molecule has 2 aromatic rings. The zero-order valence-electron chi connectivity index (χ0n) is 17.8. The third kappa shape index (κ3) is 4.75. The van der Waals surface area contributed by atoms with Crippen molar-refractivity contribution in [3.63, 3.8) is 0 Å². The largest absolute Gasteiger partial charge is 0.497 e. The van der Waals surface area contributed by atoms with Gasteiger partial charge in [0, 0.05) is 46.9 Å². The first-order valence-electron chi connectivity index (χ1n) is 10.6. The van der Waals surface area contributed by atoms with Gasteiger partial charge in [-0.25, -0.2) is 0 Å². The molecular weight excluding hydrogens is 410 g/mol. The van der Waals surface area contributed by atoms with Crippen LogP contribution < -0.4 is 4.74 Å². The number of allylic oxidation sites excluding steroid dienone is 2. The Balaban J connectivity index is 1.48. The molecule has 2 unspecified atom stereocenters. The van der Waals surface area contributed by atoms with Crippen LogP contribution in [-0.2, 0) is 17.8 Å². The maximum atomic E-state index is 13.1. The Kier molecular flexibility index (Phi) is 6.28. The molecule has 0 saturated carbocycles. The zero-order chi connectivity index (χ0) is 22.0. The normalized spacial score (nSPS) is 20.3. The summed E-state index contributed by atoms with van der Waals surface area (Å²) >= 11 is 5.97. The average Bonchev–Trinajstić information content (AvgIpc) is 2.77. The summed E-state index contributed by atoms with van der Waals surface area (Å²) in [7, 11) is 1.64. The lowest BCUT2D eigenvalue weighted by Crippen LogP contribution is -2.28. The maximum Gasteiger partial charge on any atom is 0.166 e. The van der Waals surface area contributed by atoms with Gasteiger partial charge in [0.25, 0.3) is 0 Å². The summed E-state index contributed by atoms with van der Waals surface area (Å²) in [5, 5.41) is 0.704. The van der Waals surface area contributed by atoms with Gasteiger partial charge in [0.05, 0.1) is 7.11 Å². The highest BCUT2D eigenvalue weighted by molar-refractivity contribution is 6.30. The fourth-order valence-corrected chi connectivity index (χ4v) is 4.57. The summed E-state index contributed by atoms with van der Waals surface area (Å²) in [6.45, 7) is 2.26. The van der Waals surface area contributed by atoms with E-state index >= 15 is 0 Å². The van der Waals surface area contributed by atoms with E-state index < -0.39 is 0 Å². The van der Waals surface area contributed by atoms with Crippen LogP contribution in [0.4, 0.5) is 0 Å². The first-order valence-corrected chi connectivity index (χ1v) is 10.9. The van der Waals surface area contributed by atoms with Crippen molar-refractivity contribution in [3.05, 3.63) is 88.2 Å². The van der Waals surface area contributed by atoms with Gasteiger partial charge < -0.3 is 9.64 Å². The molecule has 0 N–H and O–H groups in total.